The van der Waals surface area contributed by atoms with E-state index in [0.29, 0.717) is 18.2 Å². The van der Waals surface area contributed by atoms with Gasteiger partial charge in [0, 0.05) is 12.2 Å². The molecule has 5 heteroatoms. The van der Waals surface area contributed by atoms with Crippen molar-refractivity contribution in [3.8, 4) is 0 Å². The standard InChI is InChI=1S/C15H24N2O2S/c1-2-12-6-8-13(9-7-12)11-17-20(18,19)15-5-3-4-14(16)10-15/h3-5,10,12-13,17H,2,6-9,11,16H2,1H3. The Morgan fingerprint density at radius 2 is 1.85 bits per heavy atom. The SMILES string of the molecule is CCC1CCC(CNS(=O)(=O)c2cccc(N)c2)CC1. The van der Waals surface area contributed by atoms with Gasteiger partial charge in [-0.05, 0) is 42.9 Å². The topological polar surface area (TPSA) is 72.2 Å². The van der Waals surface area contributed by atoms with Gasteiger partial charge in [-0.3, -0.25) is 0 Å². The molecule has 1 aromatic rings. The molecule has 0 amide bonds. The van der Waals surface area contributed by atoms with Gasteiger partial charge in [0.05, 0.1) is 4.90 Å². The largest absolute Gasteiger partial charge is 0.399 e. The highest BCUT2D eigenvalue weighted by atomic mass is 32.2. The summed E-state index contributed by atoms with van der Waals surface area (Å²) in [5.41, 5.74) is 6.10. The first-order valence-electron chi connectivity index (χ1n) is 7.36. The predicted octanol–water partition coefficient (Wildman–Crippen LogP) is 2.76. The molecule has 0 spiro atoms. The molecule has 0 aliphatic heterocycles. The molecule has 0 radical (unpaired) electrons. The molecule has 2 rings (SSSR count). The maximum atomic E-state index is 12.2. The number of sulfonamides is 1. The zero-order chi connectivity index (χ0) is 14.6. The summed E-state index contributed by atoms with van der Waals surface area (Å²) in [6.45, 7) is 2.76. The van der Waals surface area contributed by atoms with E-state index in [9.17, 15) is 8.42 Å². The normalized spacial score (nSPS) is 23.6. The Morgan fingerprint density at radius 3 is 2.45 bits per heavy atom. The monoisotopic (exact) mass is 296 g/mol. The number of rotatable bonds is 5. The van der Waals surface area contributed by atoms with E-state index in [0.717, 1.165) is 18.8 Å². The Bertz CT molecular complexity index is 535. The Balaban J connectivity index is 1.90. The molecule has 1 aromatic carbocycles. The third-order valence-electron chi connectivity index (χ3n) is 4.27. The van der Waals surface area contributed by atoms with Crippen LogP contribution in [-0.2, 0) is 10.0 Å². The summed E-state index contributed by atoms with van der Waals surface area (Å²) in [4.78, 5) is 0.250. The summed E-state index contributed by atoms with van der Waals surface area (Å²) in [6.07, 6.45) is 5.93. The maximum absolute atomic E-state index is 12.2. The average molecular weight is 296 g/mol. The van der Waals surface area contributed by atoms with Gasteiger partial charge in [-0.1, -0.05) is 32.3 Å². The summed E-state index contributed by atoms with van der Waals surface area (Å²) in [5.74, 6) is 1.30. The molecule has 1 saturated carbocycles. The van der Waals surface area contributed by atoms with Crippen LogP contribution < -0.4 is 10.5 Å². The van der Waals surface area contributed by atoms with Crippen LogP contribution in [0.4, 0.5) is 5.69 Å². The number of hydrogen-bond acceptors (Lipinski definition) is 3. The average Bonchev–Trinajstić information content (AvgIpc) is 2.46. The van der Waals surface area contributed by atoms with Gasteiger partial charge in [0.25, 0.3) is 0 Å². The predicted molar refractivity (Wildman–Crippen MR) is 81.8 cm³/mol. The van der Waals surface area contributed by atoms with Crippen molar-refractivity contribution in [2.45, 2.75) is 43.9 Å². The highest BCUT2D eigenvalue weighted by Gasteiger charge is 2.22. The summed E-state index contributed by atoms with van der Waals surface area (Å²) < 4.78 is 27.1. The molecule has 20 heavy (non-hydrogen) atoms. The quantitative estimate of drug-likeness (QED) is 0.821. The van der Waals surface area contributed by atoms with Crippen molar-refractivity contribution in [1.82, 2.24) is 4.72 Å². The van der Waals surface area contributed by atoms with Crippen LogP contribution in [0.25, 0.3) is 0 Å². The molecule has 0 aromatic heterocycles. The third kappa shape index (κ3) is 3.96. The van der Waals surface area contributed by atoms with Gasteiger partial charge in [-0.15, -0.1) is 0 Å². The Labute approximate surface area is 121 Å². The van der Waals surface area contributed by atoms with Gasteiger partial charge < -0.3 is 5.73 Å². The summed E-state index contributed by atoms with van der Waals surface area (Å²) in [7, 11) is -3.43. The van der Waals surface area contributed by atoms with Crippen LogP contribution in [0.1, 0.15) is 39.0 Å². The fourth-order valence-corrected chi connectivity index (χ4v) is 4.01. The van der Waals surface area contributed by atoms with Crippen molar-refractivity contribution < 1.29 is 8.42 Å². The van der Waals surface area contributed by atoms with Crippen LogP contribution in [-0.4, -0.2) is 15.0 Å². The second-order valence-electron chi connectivity index (χ2n) is 5.72. The first kappa shape index (κ1) is 15.3. The maximum Gasteiger partial charge on any atom is 0.240 e. The fraction of sp³-hybridized carbons (Fsp3) is 0.600. The molecular weight excluding hydrogens is 272 g/mol. The van der Waals surface area contributed by atoms with Gasteiger partial charge in [-0.2, -0.15) is 0 Å². The van der Waals surface area contributed by atoms with E-state index in [1.807, 2.05) is 0 Å². The van der Waals surface area contributed by atoms with E-state index >= 15 is 0 Å². The van der Waals surface area contributed by atoms with Crippen LogP contribution in [0.2, 0.25) is 0 Å². The van der Waals surface area contributed by atoms with Crippen molar-refractivity contribution in [3.05, 3.63) is 24.3 Å². The minimum Gasteiger partial charge on any atom is -0.399 e. The number of nitrogens with one attached hydrogen (secondary N) is 1. The van der Waals surface area contributed by atoms with Gasteiger partial charge in [0.1, 0.15) is 0 Å². The highest BCUT2D eigenvalue weighted by Crippen LogP contribution is 2.30. The zero-order valence-electron chi connectivity index (χ0n) is 12.0. The molecule has 1 aliphatic rings. The lowest BCUT2D eigenvalue weighted by Gasteiger charge is -2.27. The number of nitrogen functional groups attached to an aromatic ring is 1. The zero-order valence-corrected chi connectivity index (χ0v) is 12.8. The lowest BCUT2D eigenvalue weighted by molar-refractivity contribution is 0.270. The summed E-state index contributed by atoms with van der Waals surface area (Å²) in [6, 6.07) is 6.42. The second kappa shape index (κ2) is 6.59. The van der Waals surface area contributed by atoms with Crippen molar-refractivity contribution >= 4 is 15.7 Å². The Morgan fingerprint density at radius 1 is 1.20 bits per heavy atom. The second-order valence-corrected chi connectivity index (χ2v) is 7.49. The van der Waals surface area contributed by atoms with Crippen LogP contribution >= 0.6 is 0 Å². The molecular formula is C15H24N2O2S. The Kier molecular flexibility index (Phi) is 5.05. The van der Waals surface area contributed by atoms with Gasteiger partial charge in [-0.25, -0.2) is 13.1 Å². The van der Waals surface area contributed by atoms with Crippen LogP contribution in [0, 0.1) is 11.8 Å². The van der Waals surface area contributed by atoms with E-state index < -0.39 is 10.0 Å². The first-order valence-corrected chi connectivity index (χ1v) is 8.84. The van der Waals surface area contributed by atoms with E-state index in [2.05, 4.69) is 11.6 Å². The van der Waals surface area contributed by atoms with Gasteiger partial charge in [0.15, 0.2) is 0 Å². The molecule has 0 unspecified atom stereocenters. The van der Waals surface area contributed by atoms with Crippen LogP contribution in [0.3, 0.4) is 0 Å². The fourth-order valence-electron chi connectivity index (χ4n) is 2.84. The van der Waals surface area contributed by atoms with Crippen LogP contribution in [0.15, 0.2) is 29.2 Å². The summed E-state index contributed by atoms with van der Waals surface area (Å²) >= 11 is 0. The smallest absolute Gasteiger partial charge is 0.240 e. The first-order chi connectivity index (χ1) is 9.51. The molecule has 0 atom stereocenters. The molecule has 4 nitrogen and oxygen atoms in total. The third-order valence-corrected chi connectivity index (χ3v) is 5.70. The van der Waals surface area contributed by atoms with Gasteiger partial charge >= 0.3 is 0 Å². The minimum atomic E-state index is -3.43. The highest BCUT2D eigenvalue weighted by molar-refractivity contribution is 7.89. The van der Waals surface area contributed by atoms with Crippen molar-refractivity contribution in [2.24, 2.45) is 11.8 Å². The number of hydrogen-bond donors (Lipinski definition) is 2. The molecule has 0 saturated heterocycles. The van der Waals surface area contributed by atoms with E-state index in [4.69, 9.17) is 5.73 Å². The van der Waals surface area contributed by atoms with Gasteiger partial charge in [0.2, 0.25) is 10.0 Å². The summed E-state index contributed by atoms with van der Waals surface area (Å²) in [5, 5.41) is 0. The minimum absolute atomic E-state index is 0.250. The number of nitrogens with two attached hydrogens (primary N) is 1. The van der Waals surface area contributed by atoms with E-state index in [-0.39, 0.29) is 4.90 Å². The lowest BCUT2D eigenvalue weighted by atomic mass is 9.81. The molecule has 0 bridgehead atoms. The molecule has 112 valence electrons. The molecule has 0 heterocycles. The van der Waals surface area contributed by atoms with Crippen molar-refractivity contribution in [1.29, 1.82) is 0 Å². The molecule has 3 N–H and O–H groups in total. The number of anilines is 1. The van der Waals surface area contributed by atoms with Crippen molar-refractivity contribution in [3.63, 3.8) is 0 Å². The molecule has 1 aliphatic carbocycles. The molecule has 1 fully saturated rings. The van der Waals surface area contributed by atoms with E-state index in [1.165, 1.54) is 25.3 Å². The van der Waals surface area contributed by atoms with Crippen molar-refractivity contribution in [2.75, 3.05) is 12.3 Å². The lowest BCUT2D eigenvalue weighted by Crippen LogP contribution is -2.31. The number of benzene rings is 1. The van der Waals surface area contributed by atoms with E-state index in [1.54, 1.807) is 18.2 Å². The van der Waals surface area contributed by atoms with Crippen LogP contribution in [0.5, 0.6) is 0 Å². The Hall–Kier alpha value is -1.07.